The van der Waals surface area contributed by atoms with E-state index in [1.54, 1.807) is 19.1 Å². The van der Waals surface area contributed by atoms with E-state index in [1.165, 1.54) is 16.4 Å². The molecule has 0 bridgehead atoms. The first-order valence-electron chi connectivity index (χ1n) is 6.16. The van der Waals surface area contributed by atoms with Crippen LogP contribution in [0.5, 0.6) is 5.75 Å². The Bertz CT molecular complexity index is 532. The van der Waals surface area contributed by atoms with E-state index in [0.717, 1.165) is 0 Å². The Morgan fingerprint density at radius 3 is 2.37 bits per heavy atom. The van der Waals surface area contributed by atoms with Crippen molar-refractivity contribution < 1.29 is 13.2 Å². The monoisotopic (exact) mass is 282 g/mol. The van der Waals surface area contributed by atoms with E-state index in [0.29, 0.717) is 18.9 Å². The van der Waals surface area contributed by atoms with Gasteiger partial charge in [-0.15, -0.1) is 0 Å². The van der Waals surface area contributed by atoms with Crippen LogP contribution in [-0.2, 0) is 10.0 Å². The van der Waals surface area contributed by atoms with Crippen molar-refractivity contribution >= 4 is 10.0 Å². The standard InChI is InChI=1S/C13H18N2O3S/c1-3-15(11-5-10-14)19(16,17)13-8-6-12(7-9-13)18-4-2/h6-9H,3-5,11H2,1-2H3. The normalized spacial score (nSPS) is 11.3. The molecule has 0 amide bonds. The summed E-state index contributed by atoms with van der Waals surface area (Å²) in [5.41, 5.74) is 0. The number of rotatable bonds is 7. The number of hydrogen-bond acceptors (Lipinski definition) is 4. The van der Waals surface area contributed by atoms with Crippen LogP contribution in [0.1, 0.15) is 20.3 Å². The van der Waals surface area contributed by atoms with Crippen molar-refractivity contribution in [2.75, 3.05) is 19.7 Å². The lowest BCUT2D eigenvalue weighted by molar-refractivity contribution is 0.340. The zero-order valence-electron chi connectivity index (χ0n) is 11.2. The van der Waals surface area contributed by atoms with E-state index in [1.807, 2.05) is 13.0 Å². The van der Waals surface area contributed by atoms with Gasteiger partial charge in [-0.1, -0.05) is 6.92 Å². The molecule has 0 aliphatic rings. The van der Waals surface area contributed by atoms with Crippen LogP contribution >= 0.6 is 0 Å². The van der Waals surface area contributed by atoms with Gasteiger partial charge in [0.1, 0.15) is 5.75 Å². The molecule has 1 aromatic rings. The van der Waals surface area contributed by atoms with Crippen LogP contribution in [0.25, 0.3) is 0 Å². The molecular formula is C13H18N2O3S. The SMILES string of the molecule is CCOc1ccc(S(=O)(=O)N(CC)CCC#N)cc1. The van der Waals surface area contributed by atoms with Gasteiger partial charge in [0.15, 0.2) is 0 Å². The van der Waals surface area contributed by atoms with Crippen molar-refractivity contribution in [3.8, 4) is 11.8 Å². The maximum absolute atomic E-state index is 12.3. The lowest BCUT2D eigenvalue weighted by Crippen LogP contribution is -2.31. The first kappa shape index (κ1) is 15.5. The lowest BCUT2D eigenvalue weighted by atomic mass is 10.3. The molecule has 0 radical (unpaired) electrons. The van der Waals surface area contributed by atoms with E-state index >= 15 is 0 Å². The summed E-state index contributed by atoms with van der Waals surface area (Å²) in [7, 11) is -3.53. The number of nitriles is 1. The first-order valence-corrected chi connectivity index (χ1v) is 7.60. The van der Waals surface area contributed by atoms with E-state index in [2.05, 4.69) is 0 Å². The van der Waals surface area contributed by atoms with E-state index in [9.17, 15) is 8.42 Å². The first-order chi connectivity index (χ1) is 9.06. The van der Waals surface area contributed by atoms with Gasteiger partial charge in [0.2, 0.25) is 10.0 Å². The average Bonchev–Trinajstić information content (AvgIpc) is 2.40. The van der Waals surface area contributed by atoms with Gasteiger partial charge >= 0.3 is 0 Å². The second-order valence-corrected chi connectivity index (χ2v) is 5.75. The molecule has 0 saturated heterocycles. The van der Waals surface area contributed by atoms with Crippen LogP contribution in [0.3, 0.4) is 0 Å². The van der Waals surface area contributed by atoms with Crippen LogP contribution in [-0.4, -0.2) is 32.4 Å². The minimum absolute atomic E-state index is 0.185. The molecule has 104 valence electrons. The summed E-state index contributed by atoms with van der Waals surface area (Å²) in [6.07, 6.45) is 0.185. The highest BCUT2D eigenvalue weighted by atomic mass is 32.2. The highest BCUT2D eigenvalue weighted by Crippen LogP contribution is 2.19. The van der Waals surface area contributed by atoms with Gasteiger partial charge in [0, 0.05) is 19.5 Å². The minimum atomic E-state index is -3.53. The Labute approximate surface area is 114 Å². The summed E-state index contributed by atoms with van der Waals surface area (Å²) in [5, 5.41) is 8.55. The number of sulfonamides is 1. The second kappa shape index (κ2) is 7.12. The molecule has 0 atom stereocenters. The van der Waals surface area contributed by atoms with Crippen molar-refractivity contribution in [2.24, 2.45) is 0 Å². The fraction of sp³-hybridized carbons (Fsp3) is 0.462. The second-order valence-electron chi connectivity index (χ2n) is 3.81. The largest absolute Gasteiger partial charge is 0.494 e. The van der Waals surface area contributed by atoms with Gasteiger partial charge in [-0.3, -0.25) is 0 Å². The third kappa shape index (κ3) is 3.94. The van der Waals surface area contributed by atoms with Gasteiger partial charge in [-0.25, -0.2) is 8.42 Å². The predicted molar refractivity (Wildman–Crippen MR) is 72.3 cm³/mol. The van der Waals surface area contributed by atoms with E-state index < -0.39 is 10.0 Å². The maximum atomic E-state index is 12.3. The number of nitrogens with zero attached hydrogens (tertiary/aromatic N) is 2. The lowest BCUT2D eigenvalue weighted by Gasteiger charge is -2.19. The molecule has 0 aromatic heterocycles. The molecule has 0 spiro atoms. The molecule has 0 heterocycles. The molecular weight excluding hydrogens is 264 g/mol. The average molecular weight is 282 g/mol. The zero-order valence-corrected chi connectivity index (χ0v) is 12.0. The Morgan fingerprint density at radius 2 is 1.89 bits per heavy atom. The molecule has 1 rings (SSSR count). The summed E-state index contributed by atoms with van der Waals surface area (Å²) in [5.74, 6) is 0.640. The third-order valence-corrected chi connectivity index (χ3v) is 4.59. The third-order valence-electron chi connectivity index (χ3n) is 2.60. The van der Waals surface area contributed by atoms with Gasteiger partial charge in [-0.2, -0.15) is 9.57 Å². The number of benzene rings is 1. The Hall–Kier alpha value is -1.58. The Morgan fingerprint density at radius 1 is 1.26 bits per heavy atom. The molecule has 0 unspecified atom stereocenters. The summed E-state index contributed by atoms with van der Waals surface area (Å²) in [4.78, 5) is 0.218. The molecule has 19 heavy (non-hydrogen) atoms. The van der Waals surface area contributed by atoms with Gasteiger partial charge < -0.3 is 4.74 Å². The van der Waals surface area contributed by atoms with Crippen LogP contribution < -0.4 is 4.74 Å². The molecule has 0 aliphatic heterocycles. The fourth-order valence-corrected chi connectivity index (χ4v) is 3.10. The van der Waals surface area contributed by atoms with Gasteiger partial charge in [0.25, 0.3) is 0 Å². The smallest absolute Gasteiger partial charge is 0.243 e. The van der Waals surface area contributed by atoms with Crippen LogP contribution in [0.15, 0.2) is 29.2 Å². The number of ether oxygens (including phenoxy) is 1. The van der Waals surface area contributed by atoms with Gasteiger partial charge in [-0.05, 0) is 31.2 Å². The summed E-state index contributed by atoms with van der Waals surface area (Å²) in [6.45, 7) is 4.71. The summed E-state index contributed by atoms with van der Waals surface area (Å²) in [6, 6.07) is 8.27. The molecule has 0 saturated carbocycles. The molecule has 0 N–H and O–H groups in total. The summed E-state index contributed by atoms with van der Waals surface area (Å²) < 4.78 is 31.2. The molecule has 1 aromatic carbocycles. The maximum Gasteiger partial charge on any atom is 0.243 e. The topological polar surface area (TPSA) is 70.4 Å². The molecule has 6 heteroatoms. The number of hydrogen-bond donors (Lipinski definition) is 0. The van der Waals surface area contributed by atoms with Crippen molar-refractivity contribution in [1.82, 2.24) is 4.31 Å². The zero-order chi connectivity index (χ0) is 14.3. The fourth-order valence-electron chi connectivity index (χ4n) is 1.65. The quantitative estimate of drug-likeness (QED) is 0.767. The molecule has 5 nitrogen and oxygen atoms in total. The van der Waals surface area contributed by atoms with E-state index in [-0.39, 0.29) is 17.9 Å². The van der Waals surface area contributed by atoms with Crippen LogP contribution in [0.2, 0.25) is 0 Å². The van der Waals surface area contributed by atoms with Gasteiger partial charge in [0.05, 0.1) is 17.6 Å². The Balaban J connectivity index is 2.95. The predicted octanol–water partition coefficient (Wildman–Crippen LogP) is 2.01. The molecule has 0 fully saturated rings. The Kier molecular flexibility index (Phi) is 5.80. The highest BCUT2D eigenvalue weighted by Gasteiger charge is 2.22. The summed E-state index contributed by atoms with van der Waals surface area (Å²) >= 11 is 0. The van der Waals surface area contributed by atoms with Crippen LogP contribution in [0.4, 0.5) is 0 Å². The van der Waals surface area contributed by atoms with Crippen LogP contribution in [0, 0.1) is 11.3 Å². The van der Waals surface area contributed by atoms with E-state index in [4.69, 9.17) is 10.00 Å². The van der Waals surface area contributed by atoms with Crippen molar-refractivity contribution in [1.29, 1.82) is 5.26 Å². The van der Waals surface area contributed by atoms with Crippen molar-refractivity contribution in [3.63, 3.8) is 0 Å². The molecule has 0 aliphatic carbocycles. The minimum Gasteiger partial charge on any atom is -0.494 e. The van der Waals surface area contributed by atoms with Crippen molar-refractivity contribution in [3.05, 3.63) is 24.3 Å². The van der Waals surface area contributed by atoms with Crippen molar-refractivity contribution in [2.45, 2.75) is 25.2 Å². The highest BCUT2D eigenvalue weighted by molar-refractivity contribution is 7.89.